The fraction of sp³-hybridized carbons (Fsp3) is 0.818. The van der Waals surface area contributed by atoms with Gasteiger partial charge in [0.05, 0.1) is 5.60 Å². The molecule has 0 saturated heterocycles. The molecule has 0 aromatic carbocycles. The molecule has 72 valence electrons. The van der Waals surface area contributed by atoms with Gasteiger partial charge in [0.25, 0.3) is 0 Å². The number of unbranched alkanes of at least 4 members (excludes halogenated alkanes) is 3. The van der Waals surface area contributed by atoms with Gasteiger partial charge in [0.2, 0.25) is 0 Å². The van der Waals surface area contributed by atoms with Crippen molar-refractivity contribution in [3.8, 4) is 0 Å². The van der Waals surface area contributed by atoms with Crippen LogP contribution in [0, 0.1) is 0 Å². The highest BCUT2D eigenvalue weighted by Crippen LogP contribution is 2.18. The Bertz CT molecular complexity index is 136. The van der Waals surface area contributed by atoms with Crippen LogP contribution in [0.3, 0.4) is 0 Å². The topological polar surface area (TPSA) is 20.2 Å². The van der Waals surface area contributed by atoms with Crippen molar-refractivity contribution in [2.45, 2.75) is 57.9 Å². The van der Waals surface area contributed by atoms with Crippen molar-refractivity contribution in [2.75, 3.05) is 0 Å². The van der Waals surface area contributed by atoms with Gasteiger partial charge >= 0.3 is 0 Å². The molecule has 0 amide bonds. The zero-order valence-electron chi connectivity index (χ0n) is 9.18. The molecule has 0 saturated carbocycles. The van der Waals surface area contributed by atoms with E-state index in [0.717, 1.165) is 19.3 Å². The van der Waals surface area contributed by atoms with Gasteiger partial charge in [0.15, 0.2) is 0 Å². The summed E-state index contributed by atoms with van der Waals surface area (Å²) in [6, 6.07) is 0. The van der Waals surface area contributed by atoms with Gasteiger partial charge in [-0.2, -0.15) is 0 Å². The Morgan fingerprint density at radius 2 is 2.25 bits per heavy atom. The molecule has 1 atom stereocenters. The highest BCUT2D eigenvalue weighted by Gasteiger charge is 2.16. The Labute approximate surface area is 77.9 Å². The van der Waals surface area contributed by atoms with Crippen LogP contribution >= 0.6 is 0 Å². The smallest absolute Gasteiger partial charge is 0.0653 e. The summed E-state index contributed by atoms with van der Waals surface area (Å²) in [5.74, 6) is 0. The molecular weight excluding hydrogens is 148 g/mol. The highest BCUT2D eigenvalue weighted by molar-refractivity contribution is 4.82. The van der Waals surface area contributed by atoms with Gasteiger partial charge < -0.3 is 5.11 Å². The Hall–Kier alpha value is -0.300. The van der Waals surface area contributed by atoms with E-state index in [0.29, 0.717) is 6.42 Å². The highest BCUT2D eigenvalue weighted by atomic mass is 16.3. The lowest BCUT2D eigenvalue weighted by molar-refractivity contribution is 0.0513. The second-order valence-corrected chi connectivity index (χ2v) is 3.53. The second-order valence-electron chi connectivity index (χ2n) is 3.53. The van der Waals surface area contributed by atoms with Crippen LogP contribution in [-0.2, 0) is 0 Å². The Morgan fingerprint density at radius 1 is 1.50 bits per heavy atom. The summed E-state index contributed by atoms with van der Waals surface area (Å²) in [4.78, 5) is 0. The molecule has 0 rings (SSSR count). The largest absolute Gasteiger partial charge is 0.390 e. The van der Waals surface area contributed by atoms with E-state index >= 15 is 0 Å². The average Bonchev–Trinajstić information content (AvgIpc) is 2.13. The first-order valence-electron chi connectivity index (χ1n) is 5.51. The molecule has 1 N–H and O–H groups in total. The monoisotopic (exact) mass is 171 g/mol. The van der Waals surface area contributed by atoms with Crippen molar-refractivity contribution in [1.82, 2.24) is 0 Å². The zero-order chi connectivity index (χ0) is 10.2. The quantitative estimate of drug-likeness (QED) is 0.460. The van der Waals surface area contributed by atoms with E-state index in [-0.39, 0.29) is 6.90 Å². The van der Waals surface area contributed by atoms with Gasteiger partial charge in [0.1, 0.15) is 0 Å². The minimum Gasteiger partial charge on any atom is -0.390 e. The predicted octanol–water partition coefficient (Wildman–Crippen LogP) is 3.28. The fourth-order valence-electron chi connectivity index (χ4n) is 1.25. The zero-order valence-corrected chi connectivity index (χ0v) is 8.18. The Balaban J connectivity index is 3.63. The van der Waals surface area contributed by atoms with Crippen LogP contribution in [0.2, 0.25) is 0 Å². The fourth-order valence-corrected chi connectivity index (χ4v) is 1.25. The van der Waals surface area contributed by atoms with E-state index in [1.807, 2.05) is 0 Å². The van der Waals surface area contributed by atoms with Gasteiger partial charge in [-0.05, 0) is 19.7 Å². The summed E-state index contributed by atoms with van der Waals surface area (Å²) in [6.07, 6.45) is 7.61. The minimum atomic E-state index is -0.810. The van der Waals surface area contributed by atoms with E-state index in [4.69, 9.17) is 1.37 Å². The van der Waals surface area contributed by atoms with Crippen LogP contribution in [0.5, 0.6) is 0 Å². The van der Waals surface area contributed by atoms with Crippen molar-refractivity contribution >= 4 is 0 Å². The van der Waals surface area contributed by atoms with Gasteiger partial charge in [-0.3, -0.25) is 0 Å². The van der Waals surface area contributed by atoms with E-state index in [2.05, 4.69) is 13.5 Å². The summed E-state index contributed by atoms with van der Waals surface area (Å²) in [5, 5.41) is 9.86. The minimum absolute atomic E-state index is 0.0884. The summed E-state index contributed by atoms with van der Waals surface area (Å²) in [5.41, 5.74) is -0.810. The molecular formula is C11H22O. The third-order valence-corrected chi connectivity index (χ3v) is 2.02. The summed E-state index contributed by atoms with van der Waals surface area (Å²) in [6.45, 7) is 5.85. The molecule has 0 radical (unpaired) electrons. The van der Waals surface area contributed by atoms with E-state index in [1.54, 1.807) is 6.08 Å². The molecule has 1 nitrogen and oxygen atoms in total. The molecule has 0 aromatic rings. The van der Waals surface area contributed by atoms with Crippen molar-refractivity contribution in [3.05, 3.63) is 12.7 Å². The molecule has 0 fully saturated rings. The lowest BCUT2D eigenvalue weighted by Gasteiger charge is -2.20. The lowest BCUT2D eigenvalue weighted by atomic mass is 9.95. The van der Waals surface area contributed by atoms with Gasteiger partial charge in [-0.15, -0.1) is 6.58 Å². The molecule has 0 heterocycles. The predicted molar refractivity (Wildman–Crippen MR) is 54.2 cm³/mol. The molecule has 1 unspecified atom stereocenters. The molecule has 0 aliphatic rings. The van der Waals surface area contributed by atoms with E-state index < -0.39 is 5.60 Å². The number of aliphatic hydroxyl groups is 1. The number of hydrogen-bond acceptors (Lipinski definition) is 1. The standard InChI is InChI=1S/C11H22O/c1-4-6-7-8-10-11(3,12)9-5-2/h5,12H,2,4,6-10H2,1,3H3/i3D. The molecule has 0 aliphatic heterocycles. The van der Waals surface area contributed by atoms with Crippen LogP contribution < -0.4 is 0 Å². The van der Waals surface area contributed by atoms with Gasteiger partial charge in [-0.25, -0.2) is 0 Å². The first-order chi connectivity index (χ1) is 6.18. The van der Waals surface area contributed by atoms with Crippen molar-refractivity contribution in [3.63, 3.8) is 0 Å². The summed E-state index contributed by atoms with van der Waals surface area (Å²) in [7, 11) is 0. The molecule has 1 heteroatoms. The molecule has 0 spiro atoms. The van der Waals surface area contributed by atoms with Crippen LogP contribution in [0.1, 0.15) is 53.7 Å². The van der Waals surface area contributed by atoms with Crippen molar-refractivity contribution < 1.29 is 6.48 Å². The maximum Gasteiger partial charge on any atom is 0.0653 e. The van der Waals surface area contributed by atoms with Crippen LogP contribution in [0.25, 0.3) is 0 Å². The number of rotatable bonds is 7. The van der Waals surface area contributed by atoms with Crippen LogP contribution in [0.4, 0.5) is 0 Å². The molecule has 0 aromatic heterocycles. The third kappa shape index (κ3) is 6.41. The second kappa shape index (κ2) is 6.24. The normalized spacial score (nSPS) is 16.7. The van der Waals surface area contributed by atoms with Crippen molar-refractivity contribution in [2.24, 2.45) is 0 Å². The Kier molecular flexibility index (Phi) is 5.09. The van der Waals surface area contributed by atoms with Gasteiger partial charge in [0, 0.05) is 1.37 Å². The molecule has 0 aliphatic carbocycles. The maximum atomic E-state index is 9.86. The number of hydrogen-bond donors (Lipinski definition) is 1. The lowest BCUT2D eigenvalue weighted by Crippen LogP contribution is -2.22. The van der Waals surface area contributed by atoms with E-state index in [9.17, 15) is 5.11 Å². The molecule has 12 heavy (non-hydrogen) atoms. The average molecular weight is 171 g/mol. The SMILES string of the molecule is [2H]CC(O)(CC=C)CCCCCC. The summed E-state index contributed by atoms with van der Waals surface area (Å²) < 4.78 is 7.24. The maximum absolute atomic E-state index is 9.86. The van der Waals surface area contributed by atoms with Gasteiger partial charge in [-0.1, -0.05) is 38.7 Å². The van der Waals surface area contributed by atoms with Crippen LogP contribution in [-0.4, -0.2) is 10.7 Å². The van der Waals surface area contributed by atoms with Crippen LogP contribution in [0.15, 0.2) is 12.7 Å². The first kappa shape index (κ1) is 9.79. The Morgan fingerprint density at radius 3 is 2.75 bits per heavy atom. The third-order valence-electron chi connectivity index (χ3n) is 2.02. The van der Waals surface area contributed by atoms with Crippen molar-refractivity contribution in [1.29, 1.82) is 0 Å². The summed E-state index contributed by atoms with van der Waals surface area (Å²) >= 11 is 0. The van der Waals surface area contributed by atoms with E-state index in [1.165, 1.54) is 12.8 Å². The first-order valence-corrected chi connectivity index (χ1v) is 4.81. The molecule has 0 bridgehead atoms.